The van der Waals surface area contributed by atoms with Crippen molar-refractivity contribution in [2.75, 3.05) is 6.54 Å². The van der Waals surface area contributed by atoms with E-state index >= 15 is 0 Å². The predicted molar refractivity (Wildman–Crippen MR) is 72.5 cm³/mol. The Morgan fingerprint density at radius 3 is 2.53 bits per heavy atom. The molecule has 0 saturated carbocycles. The number of amides is 1. The van der Waals surface area contributed by atoms with Crippen molar-refractivity contribution in [3.8, 4) is 0 Å². The Morgan fingerprint density at radius 2 is 1.95 bits per heavy atom. The first kappa shape index (κ1) is 13.9. The Balaban J connectivity index is 2.02. The second kappa shape index (κ2) is 6.10. The fourth-order valence-electron chi connectivity index (χ4n) is 1.57. The van der Waals surface area contributed by atoms with Gasteiger partial charge in [0.15, 0.2) is 0 Å². The van der Waals surface area contributed by atoms with Crippen LogP contribution < -0.4 is 5.32 Å². The summed E-state index contributed by atoms with van der Waals surface area (Å²) in [6, 6.07) is 8.08. The quantitative estimate of drug-likeness (QED) is 0.912. The maximum absolute atomic E-state index is 11.9. The lowest BCUT2D eigenvalue weighted by molar-refractivity contribution is 0.0901. The van der Waals surface area contributed by atoms with Crippen molar-refractivity contribution in [3.05, 3.63) is 58.0 Å². The SMILES string of the molecule is O=C(NCC(O)c1ccco1)c1c(Cl)cccc1Cl. The number of halogens is 2. The molecule has 1 atom stereocenters. The maximum atomic E-state index is 11.9. The van der Waals surface area contributed by atoms with E-state index in [0.29, 0.717) is 5.76 Å². The van der Waals surface area contributed by atoms with Gasteiger partial charge >= 0.3 is 0 Å². The maximum Gasteiger partial charge on any atom is 0.254 e. The second-order valence-corrected chi connectivity index (χ2v) is 4.65. The summed E-state index contributed by atoms with van der Waals surface area (Å²) in [6.07, 6.45) is 0.533. The van der Waals surface area contributed by atoms with Gasteiger partial charge in [0.05, 0.1) is 28.4 Å². The fourth-order valence-corrected chi connectivity index (χ4v) is 2.14. The van der Waals surface area contributed by atoms with Crippen molar-refractivity contribution >= 4 is 29.1 Å². The van der Waals surface area contributed by atoms with Crippen LogP contribution in [0.1, 0.15) is 22.2 Å². The number of hydrogen-bond acceptors (Lipinski definition) is 3. The van der Waals surface area contributed by atoms with E-state index in [4.69, 9.17) is 27.6 Å². The first-order valence-electron chi connectivity index (χ1n) is 5.53. The first-order valence-corrected chi connectivity index (χ1v) is 6.29. The summed E-state index contributed by atoms with van der Waals surface area (Å²) in [4.78, 5) is 11.9. The molecule has 0 radical (unpaired) electrons. The topological polar surface area (TPSA) is 62.5 Å². The molecule has 0 aliphatic rings. The van der Waals surface area contributed by atoms with E-state index in [0.717, 1.165) is 0 Å². The largest absolute Gasteiger partial charge is 0.467 e. The van der Waals surface area contributed by atoms with Gasteiger partial charge in [-0.3, -0.25) is 4.79 Å². The number of rotatable bonds is 4. The van der Waals surface area contributed by atoms with Gasteiger partial charge in [0.25, 0.3) is 5.91 Å². The summed E-state index contributed by atoms with van der Waals surface area (Å²) in [6.45, 7) is 0.00784. The molecule has 2 N–H and O–H groups in total. The number of benzene rings is 1. The van der Waals surface area contributed by atoms with Crippen LogP contribution >= 0.6 is 23.2 Å². The van der Waals surface area contributed by atoms with Gasteiger partial charge < -0.3 is 14.8 Å². The summed E-state index contributed by atoms with van der Waals surface area (Å²) >= 11 is 11.8. The Morgan fingerprint density at radius 1 is 1.26 bits per heavy atom. The van der Waals surface area contributed by atoms with Gasteiger partial charge in [0, 0.05) is 0 Å². The first-order chi connectivity index (χ1) is 9.09. The molecule has 100 valence electrons. The molecule has 1 unspecified atom stereocenters. The lowest BCUT2D eigenvalue weighted by atomic mass is 10.2. The zero-order valence-corrected chi connectivity index (χ0v) is 11.3. The average molecular weight is 300 g/mol. The molecule has 2 rings (SSSR count). The molecule has 19 heavy (non-hydrogen) atoms. The zero-order valence-electron chi connectivity index (χ0n) is 9.77. The number of carbonyl (C=O) groups is 1. The minimum atomic E-state index is -0.916. The Bertz CT molecular complexity index is 549. The molecule has 0 spiro atoms. The van der Waals surface area contributed by atoms with Gasteiger partial charge in [0.2, 0.25) is 0 Å². The average Bonchev–Trinajstić information content (AvgIpc) is 2.89. The summed E-state index contributed by atoms with van der Waals surface area (Å²) in [5.74, 6) is -0.0632. The molecule has 0 aliphatic heterocycles. The molecule has 0 aliphatic carbocycles. The minimum absolute atomic E-state index is 0.00784. The molecule has 1 aromatic heterocycles. The highest BCUT2D eigenvalue weighted by molar-refractivity contribution is 6.39. The van der Waals surface area contributed by atoms with E-state index in [2.05, 4.69) is 5.32 Å². The van der Waals surface area contributed by atoms with E-state index < -0.39 is 12.0 Å². The molecule has 0 bridgehead atoms. The van der Waals surface area contributed by atoms with Crippen LogP contribution in [0.3, 0.4) is 0 Å². The highest BCUT2D eigenvalue weighted by Gasteiger charge is 2.17. The third-order valence-corrected chi connectivity index (χ3v) is 3.15. The molecule has 6 heteroatoms. The lowest BCUT2D eigenvalue weighted by Crippen LogP contribution is -2.28. The second-order valence-electron chi connectivity index (χ2n) is 3.84. The third kappa shape index (κ3) is 3.29. The highest BCUT2D eigenvalue weighted by atomic mass is 35.5. The zero-order chi connectivity index (χ0) is 13.8. The number of aliphatic hydroxyl groups excluding tert-OH is 1. The lowest BCUT2D eigenvalue weighted by Gasteiger charge is -2.11. The standard InChI is InChI=1S/C13H11Cl2NO3/c14-8-3-1-4-9(15)12(8)13(18)16-7-10(17)11-5-2-6-19-11/h1-6,10,17H,7H2,(H,16,18). The molecule has 0 saturated heterocycles. The van der Waals surface area contributed by atoms with Crippen LogP contribution in [-0.2, 0) is 0 Å². The van der Waals surface area contributed by atoms with Crippen LogP contribution in [0.4, 0.5) is 0 Å². The summed E-state index contributed by atoms with van der Waals surface area (Å²) < 4.78 is 5.03. The van der Waals surface area contributed by atoms with E-state index in [1.807, 2.05) is 0 Å². The van der Waals surface area contributed by atoms with Gasteiger partial charge in [-0.1, -0.05) is 29.3 Å². The smallest absolute Gasteiger partial charge is 0.254 e. The third-order valence-electron chi connectivity index (χ3n) is 2.52. The fraction of sp³-hybridized carbons (Fsp3) is 0.154. The number of furan rings is 1. The number of carbonyl (C=O) groups excluding carboxylic acids is 1. The van der Waals surface area contributed by atoms with E-state index in [-0.39, 0.29) is 22.2 Å². The van der Waals surface area contributed by atoms with Crippen molar-refractivity contribution in [2.45, 2.75) is 6.10 Å². The summed E-state index contributed by atoms with van der Waals surface area (Å²) in [5, 5.41) is 12.8. The molecular formula is C13H11Cl2NO3. The molecule has 2 aromatic rings. The predicted octanol–water partition coefficient (Wildman–Crippen LogP) is 3.05. The molecule has 1 aromatic carbocycles. The Labute approximate surface area is 119 Å². The van der Waals surface area contributed by atoms with Crippen LogP contribution in [0, 0.1) is 0 Å². The van der Waals surface area contributed by atoms with Gasteiger partial charge in [-0.15, -0.1) is 0 Å². The van der Waals surface area contributed by atoms with Gasteiger partial charge in [-0.2, -0.15) is 0 Å². The van der Waals surface area contributed by atoms with Gasteiger partial charge in [0.1, 0.15) is 11.9 Å². The van der Waals surface area contributed by atoms with E-state index in [9.17, 15) is 9.90 Å². The number of nitrogens with one attached hydrogen (secondary N) is 1. The number of aliphatic hydroxyl groups is 1. The van der Waals surface area contributed by atoms with Crippen LogP contribution in [0.15, 0.2) is 41.0 Å². The molecule has 0 fully saturated rings. The van der Waals surface area contributed by atoms with Crippen LogP contribution in [0.25, 0.3) is 0 Å². The van der Waals surface area contributed by atoms with E-state index in [1.54, 1.807) is 30.3 Å². The Kier molecular flexibility index (Phi) is 4.47. The minimum Gasteiger partial charge on any atom is -0.467 e. The van der Waals surface area contributed by atoms with Crippen LogP contribution in [-0.4, -0.2) is 17.6 Å². The van der Waals surface area contributed by atoms with Crippen LogP contribution in [0.2, 0.25) is 10.0 Å². The summed E-state index contributed by atoms with van der Waals surface area (Å²) in [5.41, 5.74) is 0.192. The van der Waals surface area contributed by atoms with Crippen molar-refractivity contribution in [1.82, 2.24) is 5.32 Å². The number of hydrogen-bond donors (Lipinski definition) is 2. The molecule has 4 nitrogen and oxygen atoms in total. The van der Waals surface area contributed by atoms with Crippen molar-refractivity contribution < 1.29 is 14.3 Å². The summed E-state index contributed by atoms with van der Waals surface area (Å²) in [7, 11) is 0. The van der Waals surface area contributed by atoms with Crippen molar-refractivity contribution in [3.63, 3.8) is 0 Å². The van der Waals surface area contributed by atoms with E-state index in [1.165, 1.54) is 6.26 Å². The van der Waals surface area contributed by atoms with Crippen molar-refractivity contribution in [1.29, 1.82) is 0 Å². The van der Waals surface area contributed by atoms with Crippen LogP contribution in [0.5, 0.6) is 0 Å². The van der Waals surface area contributed by atoms with Crippen molar-refractivity contribution in [2.24, 2.45) is 0 Å². The normalized spacial score (nSPS) is 12.2. The van der Waals surface area contributed by atoms with Gasteiger partial charge in [-0.25, -0.2) is 0 Å². The van der Waals surface area contributed by atoms with Gasteiger partial charge in [-0.05, 0) is 24.3 Å². The molecular weight excluding hydrogens is 289 g/mol. The molecule has 1 heterocycles. The monoisotopic (exact) mass is 299 g/mol. The highest BCUT2D eigenvalue weighted by Crippen LogP contribution is 2.24. The Hall–Kier alpha value is -1.49. The molecule has 1 amide bonds.